The molecule has 3 heterocycles. The number of fused-ring (bicyclic) bond motifs is 5. The van der Waals surface area contributed by atoms with Crippen LogP contribution in [0.4, 0.5) is 4.79 Å². The fourth-order valence-electron chi connectivity index (χ4n) is 2.99. The Bertz CT molecular complexity index is 887. The predicted molar refractivity (Wildman–Crippen MR) is 80.7 cm³/mol. The summed E-state index contributed by atoms with van der Waals surface area (Å²) in [7, 11) is 0. The van der Waals surface area contributed by atoms with Gasteiger partial charge in [-0.15, -0.1) is 0 Å². The van der Waals surface area contributed by atoms with Crippen molar-refractivity contribution in [2.75, 3.05) is 6.54 Å². The number of aromatic nitrogens is 2. The molecule has 1 aliphatic heterocycles. The minimum atomic E-state index is -0.879. The summed E-state index contributed by atoms with van der Waals surface area (Å²) in [4.78, 5) is 20.5. The van der Waals surface area contributed by atoms with Crippen molar-refractivity contribution in [3.8, 4) is 0 Å². The molecule has 6 heteroatoms. The number of nitrogens with one attached hydrogen (secondary N) is 1. The monoisotopic (exact) mass is 301 g/mol. The van der Waals surface area contributed by atoms with E-state index < -0.39 is 6.09 Å². The van der Waals surface area contributed by atoms with Gasteiger partial charge in [-0.3, -0.25) is 4.98 Å². The number of halogens is 1. The van der Waals surface area contributed by atoms with Gasteiger partial charge in [-0.2, -0.15) is 0 Å². The zero-order valence-corrected chi connectivity index (χ0v) is 11.8. The van der Waals surface area contributed by atoms with Crippen LogP contribution >= 0.6 is 11.6 Å². The van der Waals surface area contributed by atoms with Crippen molar-refractivity contribution in [2.24, 2.45) is 0 Å². The van der Waals surface area contributed by atoms with E-state index in [0.717, 1.165) is 33.1 Å². The number of carboxylic acid groups (broad SMARTS) is 1. The van der Waals surface area contributed by atoms with Crippen LogP contribution in [-0.4, -0.2) is 32.6 Å². The third-order valence-corrected chi connectivity index (χ3v) is 4.28. The average Bonchev–Trinajstić information content (AvgIpc) is 2.84. The molecule has 0 bridgehead atoms. The summed E-state index contributed by atoms with van der Waals surface area (Å²) >= 11 is 6.00. The summed E-state index contributed by atoms with van der Waals surface area (Å²) in [6.07, 6.45) is 1.62. The molecule has 21 heavy (non-hydrogen) atoms. The highest BCUT2D eigenvalue weighted by molar-refractivity contribution is 6.31. The maximum atomic E-state index is 11.2. The molecule has 1 aliphatic rings. The van der Waals surface area contributed by atoms with Gasteiger partial charge in [0.1, 0.15) is 0 Å². The van der Waals surface area contributed by atoms with Gasteiger partial charge in [-0.25, -0.2) is 4.79 Å². The van der Waals surface area contributed by atoms with Crippen LogP contribution < -0.4 is 0 Å². The first kappa shape index (κ1) is 12.5. The Morgan fingerprint density at radius 3 is 3.05 bits per heavy atom. The molecule has 0 unspecified atom stereocenters. The van der Waals surface area contributed by atoms with Crippen molar-refractivity contribution in [1.82, 2.24) is 14.9 Å². The number of amides is 1. The van der Waals surface area contributed by atoms with Gasteiger partial charge in [-0.05, 0) is 18.2 Å². The van der Waals surface area contributed by atoms with E-state index in [1.165, 1.54) is 4.90 Å². The second-order valence-electron chi connectivity index (χ2n) is 5.24. The van der Waals surface area contributed by atoms with E-state index >= 15 is 0 Å². The van der Waals surface area contributed by atoms with Crippen LogP contribution in [0.25, 0.3) is 21.8 Å². The van der Waals surface area contributed by atoms with Crippen molar-refractivity contribution in [1.29, 1.82) is 0 Å². The van der Waals surface area contributed by atoms with E-state index in [1.54, 1.807) is 6.20 Å². The molecule has 4 rings (SSSR count). The number of pyridine rings is 1. The maximum Gasteiger partial charge on any atom is 0.407 e. The van der Waals surface area contributed by atoms with Crippen molar-refractivity contribution < 1.29 is 9.90 Å². The quantitative estimate of drug-likeness (QED) is 0.668. The van der Waals surface area contributed by atoms with Gasteiger partial charge in [0.05, 0.1) is 17.6 Å². The van der Waals surface area contributed by atoms with E-state index in [1.807, 2.05) is 18.2 Å². The lowest BCUT2D eigenvalue weighted by atomic mass is 10.0. The van der Waals surface area contributed by atoms with Gasteiger partial charge in [0.25, 0.3) is 0 Å². The number of H-pyrrole nitrogens is 1. The third kappa shape index (κ3) is 1.85. The smallest absolute Gasteiger partial charge is 0.407 e. The predicted octanol–water partition coefficient (Wildman–Crippen LogP) is 3.41. The van der Waals surface area contributed by atoms with Gasteiger partial charge in [0, 0.05) is 46.2 Å². The largest absolute Gasteiger partial charge is 0.465 e. The molecule has 106 valence electrons. The molecule has 2 N–H and O–H groups in total. The molecule has 5 nitrogen and oxygen atoms in total. The van der Waals surface area contributed by atoms with Crippen molar-refractivity contribution in [2.45, 2.75) is 13.0 Å². The highest BCUT2D eigenvalue weighted by Gasteiger charge is 2.24. The first-order valence-corrected chi connectivity index (χ1v) is 7.07. The first-order valence-electron chi connectivity index (χ1n) is 6.69. The third-order valence-electron chi connectivity index (χ3n) is 4.05. The summed E-state index contributed by atoms with van der Waals surface area (Å²) < 4.78 is 0. The highest BCUT2D eigenvalue weighted by atomic mass is 35.5. The Balaban J connectivity index is 1.96. The van der Waals surface area contributed by atoms with Crippen LogP contribution in [0.1, 0.15) is 11.3 Å². The van der Waals surface area contributed by atoms with Crippen molar-refractivity contribution >= 4 is 39.5 Å². The summed E-state index contributed by atoms with van der Waals surface area (Å²) in [5.41, 5.74) is 3.98. The second-order valence-corrected chi connectivity index (χ2v) is 5.68. The molecule has 2 aromatic heterocycles. The highest BCUT2D eigenvalue weighted by Crippen LogP contribution is 2.32. The van der Waals surface area contributed by atoms with Crippen molar-refractivity contribution in [3.63, 3.8) is 0 Å². The zero-order chi connectivity index (χ0) is 14.6. The van der Waals surface area contributed by atoms with Crippen LogP contribution in [0, 0.1) is 0 Å². The number of hydrogen-bond acceptors (Lipinski definition) is 2. The number of aromatic amines is 1. The van der Waals surface area contributed by atoms with Crippen LogP contribution in [0.5, 0.6) is 0 Å². The molecule has 0 fully saturated rings. The van der Waals surface area contributed by atoms with Crippen molar-refractivity contribution in [3.05, 3.63) is 40.7 Å². The van der Waals surface area contributed by atoms with E-state index in [2.05, 4.69) is 9.97 Å². The maximum absolute atomic E-state index is 11.2. The Hall–Kier alpha value is -2.27. The van der Waals surface area contributed by atoms with E-state index in [0.29, 0.717) is 24.5 Å². The van der Waals surface area contributed by atoms with Gasteiger partial charge >= 0.3 is 6.09 Å². The lowest BCUT2D eigenvalue weighted by molar-refractivity contribution is 0.140. The van der Waals surface area contributed by atoms with E-state index in [-0.39, 0.29) is 0 Å². The summed E-state index contributed by atoms with van der Waals surface area (Å²) in [6, 6.07) is 5.62. The topological polar surface area (TPSA) is 69.2 Å². The molecule has 0 atom stereocenters. The fourth-order valence-corrected chi connectivity index (χ4v) is 3.16. The lowest BCUT2D eigenvalue weighted by Crippen LogP contribution is -2.34. The normalized spacial score (nSPS) is 14.6. The minimum Gasteiger partial charge on any atom is -0.465 e. The van der Waals surface area contributed by atoms with Crippen LogP contribution in [-0.2, 0) is 13.0 Å². The first-order chi connectivity index (χ1) is 10.1. The zero-order valence-electron chi connectivity index (χ0n) is 11.1. The molecule has 1 aromatic carbocycles. The number of carbonyl (C=O) groups is 1. The second kappa shape index (κ2) is 4.36. The molecule has 1 amide bonds. The SMILES string of the molecule is O=C(O)N1CCc2[nH]c3c(cnc4cc(Cl)ccc43)c2C1. The fraction of sp³-hybridized carbons (Fsp3) is 0.200. The summed E-state index contributed by atoms with van der Waals surface area (Å²) in [6.45, 7) is 0.928. The van der Waals surface area contributed by atoms with Gasteiger partial charge in [0.15, 0.2) is 0 Å². The number of nitrogens with zero attached hydrogens (tertiary/aromatic N) is 2. The minimum absolute atomic E-state index is 0.408. The molecule has 0 saturated carbocycles. The van der Waals surface area contributed by atoms with Crippen LogP contribution in [0.15, 0.2) is 24.4 Å². The molecule has 0 saturated heterocycles. The molecular formula is C15H12ClN3O2. The standard InChI is InChI=1S/C15H12ClN3O2/c16-8-1-2-9-13(5-8)17-6-10-11-7-19(15(20)21)4-3-12(11)18-14(9)10/h1-2,5-6,18H,3-4,7H2,(H,20,21). The Labute approximate surface area is 125 Å². The Kier molecular flexibility index (Phi) is 2.59. The lowest BCUT2D eigenvalue weighted by Gasteiger charge is -2.24. The molecule has 0 spiro atoms. The molecule has 0 aliphatic carbocycles. The number of hydrogen-bond donors (Lipinski definition) is 2. The van der Waals surface area contributed by atoms with Gasteiger partial charge in [-0.1, -0.05) is 11.6 Å². The summed E-state index contributed by atoms with van der Waals surface area (Å²) in [5.74, 6) is 0. The molecule has 3 aromatic rings. The Morgan fingerprint density at radius 2 is 2.24 bits per heavy atom. The Morgan fingerprint density at radius 1 is 1.38 bits per heavy atom. The number of rotatable bonds is 0. The molecule has 0 radical (unpaired) electrons. The van der Waals surface area contributed by atoms with Gasteiger partial charge in [0.2, 0.25) is 0 Å². The number of benzene rings is 1. The average molecular weight is 302 g/mol. The van der Waals surface area contributed by atoms with E-state index in [4.69, 9.17) is 16.7 Å². The molecular weight excluding hydrogens is 290 g/mol. The van der Waals surface area contributed by atoms with Gasteiger partial charge < -0.3 is 15.0 Å². The van der Waals surface area contributed by atoms with Crippen LogP contribution in [0.2, 0.25) is 5.02 Å². The van der Waals surface area contributed by atoms with E-state index in [9.17, 15) is 4.79 Å². The summed E-state index contributed by atoms with van der Waals surface area (Å²) in [5, 5.41) is 11.8. The van der Waals surface area contributed by atoms with Crippen LogP contribution in [0.3, 0.4) is 0 Å².